The van der Waals surface area contributed by atoms with Crippen molar-refractivity contribution in [1.82, 2.24) is 0 Å². The summed E-state index contributed by atoms with van der Waals surface area (Å²) in [6, 6.07) is 12.5. The van der Waals surface area contributed by atoms with Crippen LogP contribution in [0.25, 0.3) is 5.57 Å². The van der Waals surface area contributed by atoms with Gasteiger partial charge in [0.2, 0.25) is 0 Å². The Balaban J connectivity index is 2.26. The van der Waals surface area contributed by atoms with Crippen LogP contribution in [0, 0.1) is 0 Å². The Kier molecular flexibility index (Phi) is 1.84. The second-order valence-electron chi connectivity index (χ2n) is 4.55. The molecular weight excluding hydrogens is 196 g/mol. The number of furan rings is 1. The Labute approximate surface area is 95.4 Å². The highest BCUT2D eigenvalue weighted by Crippen LogP contribution is 2.44. The van der Waals surface area contributed by atoms with Gasteiger partial charge in [0.05, 0.1) is 11.7 Å². The first-order valence-corrected chi connectivity index (χ1v) is 5.55. The van der Waals surface area contributed by atoms with Crippen molar-refractivity contribution in [1.29, 1.82) is 0 Å². The van der Waals surface area contributed by atoms with E-state index in [2.05, 4.69) is 44.2 Å². The number of rotatable bonds is 1. The van der Waals surface area contributed by atoms with E-state index in [1.54, 1.807) is 6.26 Å². The van der Waals surface area contributed by atoms with Gasteiger partial charge in [0, 0.05) is 0 Å². The topological polar surface area (TPSA) is 13.1 Å². The molecule has 3 rings (SSSR count). The van der Waals surface area contributed by atoms with Crippen molar-refractivity contribution in [3.05, 3.63) is 65.6 Å². The predicted molar refractivity (Wildman–Crippen MR) is 65.3 cm³/mol. The van der Waals surface area contributed by atoms with Crippen molar-refractivity contribution in [2.24, 2.45) is 0 Å². The van der Waals surface area contributed by atoms with E-state index in [0.717, 1.165) is 5.76 Å². The van der Waals surface area contributed by atoms with Gasteiger partial charge in [-0.05, 0) is 42.7 Å². The molecule has 0 radical (unpaired) electrons. The molecule has 0 bridgehead atoms. The first kappa shape index (κ1) is 9.46. The molecule has 1 atom stereocenters. The highest BCUT2D eigenvalue weighted by Gasteiger charge is 2.36. The minimum absolute atomic E-state index is 0.107. The van der Waals surface area contributed by atoms with Gasteiger partial charge in [-0.3, -0.25) is 0 Å². The highest BCUT2D eigenvalue weighted by molar-refractivity contribution is 5.76. The van der Waals surface area contributed by atoms with Gasteiger partial charge in [0.15, 0.2) is 0 Å². The number of hydrogen-bond acceptors (Lipinski definition) is 1. The van der Waals surface area contributed by atoms with Gasteiger partial charge in [0.1, 0.15) is 5.76 Å². The number of hydrogen-bond donors (Lipinski definition) is 0. The molecule has 80 valence electrons. The number of fused-ring (bicyclic) bond motifs is 1. The van der Waals surface area contributed by atoms with Crippen molar-refractivity contribution in [2.75, 3.05) is 0 Å². The second-order valence-corrected chi connectivity index (χ2v) is 4.55. The standard InChI is InChI=1S/C15H14O/c1-11-10-15(2,14-8-5-9-16-14)13-7-4-3-6-12(11)13/h3-10H,1-2H3. The third kappa shape index (κ3) is 1.12. The fourth-order valence-electron chi connectivity index (χ4n) is 2.65. The molecule has 0 amide bonds. The summed E-state index contributed by atoms with van der Waals surface area (Å²) in [7, 11) is 0. The smallest absolute Gasteiger partial charge is 0.117 e. The molecule has 1 aliphatic carbocycles. The summed E-state index contributed by atoms with van der Waals surface area (Å²) >= 11 is 0. The third-order valence-electron chi connectivity index (χ3n) is 3.45. The largest absolute Gasteiger partial charge is 0.468 e. The van der Waals surface area contributed by atoms with Crippen molar-refractivity contribution in [3.8, 4) is 0 Å². The first-order chi connectivity index (χ1) is 7.72. The van der Waals surface area contributed by atoms with Gasteiger partial charge in [-0.15, -0.1) is 0 Å². The van der Waals surface area contributed by atoms with Crippen molar-refractivity contribution < 1.29 is 4.42 Å². The van der Waals surface area contributed by atoms with Crippen LogP contribution in [0.15, 0.2) is 53.2 Å². The number of allylic oxidation sites excluding steroid dienone is 2. The van der Waals surface area contributed by atoms with Crippen LogP contribution in [0.1, 0.15) is 30.7 Å². The van der Waals surface area contributed by atoms with E-state index in [-0.39, 0.29) is 5.41 Å². The van der Waals surface area contributed by atoms with Gasteiger partial charge >= 0.3 is 0 Å². The molecule has 0 saturated heterocycles. The van der Waals surface area contributed by atoms with Crippen LogP contribution in [0.4, 0.5) is 0 Å². The van der Waals surface area contributed by atoms with E-state index in [0.29, 0.717) is 0 Å². The quantitative estimate of drug-likeness (QED) is 0.693. The van der Waals surface area contributed by atoms with Crippen molar-refractivity contribution >= 4 is 5.57 Å². The minimum atomic E-state index is -0.107. The van der Waals surface area contributed by atoms with Crippen LogP contribution < -0.4 is 0 Å². The molecule has 1 unspecified atom stereocenters. The first-order valence-electron chi connectivity index (χ1n) is 5.55. The summed E-state index contributed by atoms with van der Waals surface area (Å²) in [4.78, 5) is 0. The van der Waals surface area contributed by atoms with Gasteiger partial charge in [-0.1, -0.05) is 30.3 Å². The lowest BCUT2D eigenvalue weighted by Crippen LogP contribution is -2.17. The monoisotopic (exact) mass is 210 g/mol. The molecule has 0 saturated carbocycles. The second kappa shape index (κ2) is 3.11. The van der Waals surface area contributed by atoms with Crippen molar-refractivity contribution in [3.63, 3.8) is 0 Å². The molecular formula is C15H14O. The average molecular weight is 210 g/mol. The van der Waals surface area contributed by atoms with Crippen LogP contribution in [0.5, 0.6) is 0 Å². The Bertz CT molecular complexity index is 549. The fourth-order valence-corrected chi connectivity index (χ4v) is 2.65. The summed E-state index contributed by atoms with van der Waals surface area (Å²) < 4.78 is 5.58. The molecule has 0 N–H and O–H groups in total. The molecule has 0 aliphatic heterocycles. The molecule has 16 heavy (non-hydrogen) atoms. The van der Waals surface area contributed by atoms with Crippen LogP contribution in [-0.2, 0) is 5.41 Å². The van der Waals surface area contributed by atoms with Gasteiger partial charge in [-0.25, -0.2) is 0 Å². The van der Waals surface area contributed by atoms with Crippen LogP contribution in [0.2, 0.25) is 0 Å². The molecule has 1 aliphatic rings. The summed E-state index contributed by atoms with van der Waals surface area (Å²) in [5, 5.41) is 0. The molecule has 1 aromatic heterocycles. The summed E-state index contributed by atoms with van der Waals surface area (Å²) in [6.07, 6.45) is 4.03. The normalized spacial score (nSPS) is 23.0. The third-order valence-corrected chi connectivity index (χ3v) is 3.45. The molecule has 1 aromatic carbocycles. The minimum Gasteiger partial charge on any atom is -0.468 e. The molecule has 0 fully saturated rings. The average Bonchev–Trinajstić information content (AvgIpc) is 2.89. The van der Waals surface area contributed by atoms with E-state index < -0.39 is 0 Å². The molecule has 1 heterocycles. The maximum atomic E-state index is 5.58. The lowest BCUT2D eigenvalue weighted by atomic mass is 9.82. The summed E-state index contributed by atoms with van der Waals surface area (Å²) in [6.45, 7) is 4.37. The van der Waals surface area contributed by atoms with E-state index >= 15 is 0 Å². The Morgan fingerprint density at radius 1 is 1.06 bits per heavy atom. The number of benzene rings is 1. The zero-order valence-electron chi connectivity index (χ0n) is 9.53. The maximum Gasteiger partial charge on any atom is 0.117 e. The van der Waals surface area contributed by atoms with E-state index in [1.165, 1.54) is 16.7 Å². The van der Waals surface area contributed by atoms with Gasteiger partial charge < -0.3 is 4.42 Å². The lowest BCUT2D eigenvalue weighted by Gasteiger charge is -2.21. The van der Waals surface area contributed by atoms with Gasteiger partial charge in [0.25, 0.3) is 0 Å². The highest BCUT2D eigenvalue weighted by atomic mass is 16.3. The Morgan fingerprint density at radius 2 is 1.88 bits per heavy atom. The van der Waals surface area contributed by atoms with E-state index in [1.807, 2.05) is 12.1 Å². The van der Waals surface area contributed by atoms with Crippen molar-refractivity contribution in [2.45, 2.75) is 19.3 Å². The van der Waals surface area contributed by atoms with E-state index in [9.17, 15) is 0 Å². The Hall–Kier alpha value is -1.76. The van der Waals surface area contributed by atoms with Crippen LogP contribution >= 0.6 is 0 Å². The lowest BCUT2D eigenvalue weighted by molar-refractivity contribution is 0.457. The molecule has 0 spiro atoms. The summed E-state index contributed by atoms with van der Waals surface area (Å²) in [5.41, 5.74) is 3.89. The molecule has 2 aromatic rings. The molecule has 1 nitrogen and oxygen atoms in total. The Morgan fingerprint density at radius 3 is 2.62 bits per heavy atom. The summed E-state index contributed by atoms with van der Waals surface area (Å²) in [5.74, 6) is 1.01. The fraction of sp³-hybridized carbons (Fsp3) is 0.200. The van der Waals surface area contributed by atoms with Crippen LogP contribution in [-0.4, -0.2) is 0 Å². The zero-order valence-corrected chi connectivity index (χ0v) is 9.53. The molecule has 1 heteroatoms. The maximum absolute atomic E-state index is 5.58. The van der Waals surface area contributed by atoms with Crippen LogP contribution in [0.3, 0.4) is 0 Å². The SMILES string of the molecule is CC1=CC(C)(c2ccco2)c2ccccc21. The zero-order chi connectivity index (χ0) is 11.2. The predicted octanol–water partition coefficient (Wildman–Crippen LogP) is 4.00. The van der Waals surface area contributed by atoms with Gasteiger partial charge in [-0.2, -0.15) is 0 Å². The van der Waals surface area contributed by atoms with E-state index in [4.69, 9.17) is 4.42 Å².